The molecule has 1 aliphatic rings. The van der Waals surface area contributed by atoms with E-state index >= 15 is 0 Å². The molecular formula is C12H24O2. The van der Waals surface area contributed by atoms with Crippen molar-refractivity contribution >= 4 is 0 Å². The SMILES string of the molecule is CCOC(C(C)C)C(O)CCC1CC1. The molecule has 14 heavy (non-hydrogen) atoms. The summed E-state index contributed by atoms with van der Waals surface area (Å²) in [6.45, 7) is 6.91. The topological polar surface area (TPSA) is 29.5 Å². The Bertz CT molecular complexity index is 152. The molecule has 0 aromatic rings. The zero-order valence-electron chi connectivity index (χ0n) is 9.70. The van der Waals surface area contributed by atoms with E-state index in [0.29, 0.717) is 12.5 Å². The van der Waals surface area contributed by atoms with Crippen LogP contribution in [-0.2, 0) is 4.74 Å². The van der Waals surface area contributed by atoms with Gasteiger partial charge in [0.15, 0.2) is 0 Å². The van der Waals surface area contributed by atoms with Gasteiger partial charge in [-0.2, -0.15) is 0 Å². The van der Waals surface area contributed by atoms with Crippen LogP contribution in [0.15, 0.2) is 0 Å². The first-order chi connectivity index (χ1) is 6.65. The van der Waals surface area contributed by atoms with Crippen LogP contribution in [0.1, 0.15) is 46.5 Å². The summed E-state index contributed by atoms with van der Waals surface area (Å²) in [6, 6.07) is 0. The van der Waals surface area contributed by atoms with Gasteiger partial charge in [0.2, 0.25) is 0 Å². The second kappa shape index (κ2) is 5.72. The summed E-state index contributed by atoms with van der Waals surface area (Å²) in [5.74, 6) is 1.31. The molecule has 1 aliphatic carbocycles. The van der Waals surface area contributed by atoms with Crippen molar-refractivity contribution < 1.29 is 9.84 Å². The Morgan fingerprint density at radius 2 is 2.00 bits per heavy atom. The Kier molecular flexibility index (Phi) is 4.90. The van der Waals surface area contributed by atoms with Crippen molar-refractivity contribution in [3.05, 3.63) is 0 Å². The molecule has 0 bridgehead atoms. The minimum absolute atomic E-state index is 0.0266. The molecule has 2 unspecified atom stereocenters. The van der Waals surface area contributed by atoms with Crippen LogP contribution in [0.25, 0.3) is 0 Å². The predicted molar refractivity (Wildman–Crippen MR) is 58.2 cm³/mol. The molecule has 2 heteroatoms. The molecule has 0 radical (unpaired) electrons. The zero-order valence-corrected chi connectivity index (χ0v) is 9.70. The van der Waals surface area contributed by atoms with Crippen molar-refractivity contribution in [2.45, 2.75) is 58.7 Å². The molecule has 0 aromatic carbocycles. The highest BCUT2D eigenvalue weighted by Gasteiger charge is 2.27. The fourth-order valence-electron chi connectivity index (χ4n) is 1.92. The standard InChI is InChI=1S/C12H24O2/c1-4-14-12(9(2)3)11(13)8-7-10-5-6-10/h9-13H,4-8H2,1-3H3. The van der Waals surface area contributed by atoms with Crippen molar-refractivity contribution in [3.63, 3.8) is 0 Å². The maximum atomic E-state index is 9.96. The summed E-state index contributed by atoms with van der Waals surface area (Å²) in [6.07, 6.45) is 4.58. The number of rotatable bonds is 7. The maximum absolute atomic E-state index is 9.96. The van der Waals surface area contributed by atoms with E-state index in [0.717, 1.165) is 12.3 Å². The van der Waals surface area contributed by atoms with Gasteiger partial charge in [-0.25, -0.2) is 0 Å². The van der Waals surface area contributed by atoms with E-state index in [1.165, 1.54) is 19.3 Å². The molecule has 2 nitrogen and oxygen atoms in total. The molecule has 0 heterocycles. The third-order valence-corrected chi connectivity index (χ3v) is 2.96. The summed E-state index contributed by atoms with van der Waals surface area (Å²) in [5.41, 5.74) is 0. The van der Waals surface area contributed by atoms with Gasteiger partial charge in [0, 0.05) is 6.61 Å². The molecule has 2 atom stereocenters. The quantitative estimate of drug-likeness (QED) is 0.684. The van der Waals surface area contributed by atoms with E-state index in [9.17, 15) is 5.11 Å². The van der Waals surface area contributed by atoms with E-state index in [1.54, 1.807) is 0 Å². The average Bonchev–Trinajstić information content (AvgIpc) is 2.93. The van der Waals surface area contributed by atoms with Gasteiger partial charge in [-0.1, -0.05) is 26.7 Å². The largest absolute Gasteiger partial charge is 0.390 e. The van der Waals surface area contributed by atoms with Gasteiger partial charge in [-0.15, -0.1) is 0 Å². The monoisotopic (exact) mass is 200 g/mol. The molecule has 1 fully saturated rings. The third-order valence-electron chi connectivity index (χ3n) is 2.96. The van der Waals surface area contributed by atoms with Crippen LogP contribution in [0, 0.1) is 11.8 Å². The molecule has 0 aromatic heterocycles. The normalized spacial score (nSPS) is 21.2. The maximum Gasteiger partial charge on any atom is 0.0856 e. The zero-order chi connectivity index (χ0) is 10.6. The molecule has 0 spiro atoms. The lowest BCUT2D eigenvalue weighted by atomic mass is 9.97. The van der Waals surface area contributed by atoms with Crippen molar-refractivity contribution in [1.82, 2.24) is 0 Å². The van der Waals surface area contributed by atoms with E-state index in [-0.39, 0.29) is 12.2 Å². The Hall–Kier alpha value is -0.0800. The van der Waals surface area contributed by atoms with Crippen LogP contribution in [0.3, 0.4) is 0 Å². The van der Waals surface area contributed by atoms with Gasteiger partial charge < -0.3 is 9.84 Å². The van der Waals surface area contributed by atoms with Crippen molar-refractivity contribution in [2.24, 2.45) is 11.8 Å². The molecule has 1 rings (SSSR count). The second-order valence-electron chi connectivity index (χ2n) is 4.75. The highest BCUT2D eigenvalue weighted by molar-refractivity contribution is 4.78. The average molecular weight is 200 g/mol. The lowest BCUT2D eigenvalue weighted by molar-refractivity contribution is -0.0605. The number of aliphatic hydroxyl groups is 1. The fraction of sp³-hybridized carbons (Fsp3) is 1.00. The van der Waals surface area contributed by atoms with Crippen LogP contribution < -0.4 is 0 Å². The fourth-order valence-corrected chi connectivity index (χ4v) is 1.92. The minimum atomic E-state index is -0.268. The van der Waals surface area contributed by atoms with Crippen LogP contribution in [0.4, 0.5) is 0 Å². The van der Waals surface area contributed by atoms with Gasteiger partial charge in [0.1, 0.15) is 0 Å². The first kappa shape index (κ1) is 12.0. The first-order valence-electron chi connectivity index (χ1n) is 5.94. The highest BCUT2D eigenvalue weighted by Crippen LogP contribution is 2.34. The molecule has 0 amide bonds. The van der Waals surface area contributed by atoms with Gasteiger partial charge in [-0.3, -0.25) is 0 Å². The van der Waals surface area contributed by atoms with Gasteiger partial charge in [0.05, 0.1) is 12.2 Å². The lowest BCUT2D eigenvalue weighted by Crippen LogP contribution is -2.33. The lowest BCUT2D eigenvalue weighted by Gasteiger charge is -2.26. The molecule has 0 aliphatic heterocycles. The van der Waals surface area contributed by atoms with Gasteiger partial charge >= 0.3 is 0 Å². The van der Waals surface area contributed by atoms with E-state index in [2.05, 4.69) is 13.8 Å². The number of hydrogen-bond donors (Lipinski definition) is 1. The Labute approximate surface area is 87.7 Å². The molecular weight excluding hydrogens is 176 g/mol. The number of ether oxygens (including phenoxy) is 1. The Balaban J connectivity index is 2.24. The van der Waals surface area contributed by atoms with Crippen molar-refractivity contribution in [3.8, 4) is 0 Å². The summed E-state index contributed by atoms with van der Waals surface area (Å²) < 4.78 is 5.57. The molecule has 1 N–H and O–H groups in total. The first-order valence-corrected chi connectivity index (χ1v) is 5.94. The van der Waals surface area contributed by atoms with Crippen LogP contribution >= 0.6 is 0 Å². The van der Waals surface area contributed by atoms with Crippen molar-refractivity contribution in [2.75, 3.05) is 6.61 Å². The Morgan fingerprint density at radius 3 is 2.43 bits per heavy atom. The summed E-state index contributed by atoms with van der Waals surface area (Å²) in [5, 5.41) is 9.96. The number of aliphatic hydroxyl groups excluding tert-OH is 1. The van der Waals surface area contributed by atoms with E-state index in [1.807, 2.05) is 6.92 Å². The van der Waals surface area contributed by atoms with Crippen molar-refractivity contribution in [1.29, 1.82) is 0 Å². The highest BCUT2D eigenvalue weighted by atomic mass is 16.5. The van der Waals surface area contributed by atoms with Gasteiger partial charge in [-0.05, 0) is 31.6 Å². The molecule has 0 saturated heterocycles. The molecule has 1 saturated carbocycles. The number of hydrogen-bond acceptors (Lipinski definition) is 2. The second-order valence-corrected chi connectivity index (χ2v) is 4.75. The van der Waals surface area contributed by atoms with Crippen LogP contribution in [-0.4, -0.2) is 23.9 Å². The van der Waals surface area contributed by atoms with E-state index in [4.69, 9.17) is 4.74 Å². The summed E-state index contributed by atoms with van der Waals surface area (Å²) >= 11 is 0. The Morgan fingerprint density at radius 1 is 1.36 bits per heavy atom. The smallest absolute Gasteiger partial charge is 0.0856 e. The van der Waals surface area contributed by atoms with Crippen LogP contribution in [0.2, 0.25) is 0 Å². The molecule has 84 valence electrons. The van der Waals surface area contributed by atoms with Crippen LogP contribution in [0.5, 0.6) is 0 Å². The summed E-state index contributed by atoms with van der Waals surface area (Å²) in [7, 11) is 0. The minimum Gasteiger partial charge on any atom is -0.390 e. The van der Waals surface area contributed by atoms with E-state index < -0.39 is 0 Å². The van der Waals surface area contributed by atoms with Gasteiger partial charge in [0.25, 0.3) is 0 Å². The third kappa shape index (κ3) is 3.97. The summed E-state index contributed by atoms with van der Waals surface area (Å²) in [4.78, 5) is 0. The predicted octanol–water partition coefficient (Wildman–Crippen LogP) is 2.60.